The number of benzene rings is 2. The molecule has 0 unspecified atom stereocenters. The average Bonchev–Trinajstić information content (AvgIpc) is 2.68. The van der Waals surface area contributed by atoms with Crippen LogP contribution in [-0.2, 0) is 6.42 Å². The standard InChI is InChI=1S/C21H19FN2O2/c1-3-14-4-8-17(9-5-14)24-21(25)15-6-10-19(23-13-15)18-12-16(22)7-11-20(18)26-2/h4-13H,3H2,1-2H3,(H,24,25). The lowest BCUT2D eigenvalue weighted by atomic mass is 10.1. The van der Waals surface area contributed by atoms with E-state index in [0.717, 1.165) is 12.1 Å². The van der Waals surface area contributed by atoms with Gasteiger partial charge in [-0.25, -0.2) is 4.39 Å². The van der Waals surface area contributed by atoms with Crippen LogP contribution in [0.1, 0.15) is 22.8 Å². The van der Waals surface area contributed by atoms with Crippen molar-refractivity contribution < 1.29 is 13.9 Å². The number of methoxy groups -OCH3 is 1. The molecule has 2 aromatic carbocycles. The molecule has 0 fully saturated rings. The lowest BCUT2D eigenvalue weighted by Gasteiger charge is -2.09. The van der Waals surface area contributed by atoms with E-state index in [0.29, 0.717) is 22.6 Å². The van der Waals surface area contributed by atoms with E-state index in [-0.39, 0.29) is 11.7 Å². The fourth-order valence-electron chi connectivity index (χ4n) is 2.59. The molecular formula is C21H19FN2O2. The monoisotopic (exact) mass is 350 g/mol. The van der Waals surface area contributed by atoms with Gasteiger partial charge in [-0.15, -0.1) is 0 Å². The highest BCUT2D eigenvalue weighted by Crippen LogP contribution is 2.29. The molecule has 132 valence electrons. The summed E-state index contributed by atoms with van der Waals surface area (Å²) in [6.07, 6.45) is 2.42. The van der Waals surface area contributed by atoms with Gasteiger partial charge in [0.15, 0.2) is 0 Å². The molecule has 0 aliphatic carbocycles. The summed E-state index contributed by atoms with van der Waals surface area (Å²) < 4.78 is 18.8. The van der Waals surface area contributed by atoms with Gasteiger partial charge in [-0.3, -0.25) is 9.78 Å². The number of aromatic nitrogens is 1. The number of ether oxygens (including phenoxy) is 1. The largest absolute Gasteiger partial charge is 0.496 e. The Morgan fingerprint density at radius 2 is 1.88 bits per heavy atom. The van der Waals surface area contributed by atoms with Crippen LogP contribution in [0.2, 0.25) is 0 Å². The number of anilines is 1. The molecule has 1 heterocycles. The van der Waals surface area contributed by atoms with E-state index < -0.39 is 0 Å². The van der Waals surface area contributed by atoms with E-state index in [1.165, 1.54) is 31.0 Å². The van der Waals surface area contributed by atoms with Crippen molar-refractivity contribution in [1.29, 1.82) is 0 Å². The predicted molar refractivity (Wildman–Crippen MR) is 100.0 cm³/mol. The summed E-state index contributed by atoms with van der Waals surface area (Å²) in [4.78, 5) is 16.6. The van der Waals surface area contributed by atoms with E-state index in [9.17, 15) is 9.18 Å². The number of carbonyl (C=O) groups excluding carboxylic acids is 1. The number of nitrogens with zero attached hydrogens (tertiary/aromatic N) is 1. The van der Waals surface area contributed by atoms with Gasteiger partial charge in [0.25, 0.3) is 5.91 Å². The van der Waals surface area contributed by atoms with Crippen LogP contribution in [0, 0.1) is 5.82 Å². The first kappa shape index (κ1) is 17.6. The molecule has 0 bridgehead atoms. The van der Waals surface area contributed by atoms with Crippen molar-refractivity contribution in [2.75, 3.05) is 12.4 Å². The van der Waals surface area contributed by atoms with Gasteiger partial charge in [0.05, 0.1) is 18.4 Å². The number of carbonyl (C=O) groups is 1. The first-order valence-electron chi connectivity index (χ1n) is 8.31. The van der Waals surface area contributed by atoms with E-state index in [4.69, 9.17) is 4.74 Å². The molecule has 4 nitrogen and oxygen atoms in total. The number of amides is 1. The molecule has 0 radical (unpaired) electrons. The molecule has 0 aliphatic rings. The molecule has 26 heavy (non-hydrogen) atoms. The first-order valence-corrected chi connectivity index (χ1v) is 8.31. The molecule has 0 saturated carbocycles. The van der Waals surface area contributed by atoms with Crippen molar-refractivity contribution in [3.05, 3.63) is 77.7 Å². The lowest BCUT2D eigenvalue weighted by molar-refractivity contribution is 0.102. The lowest BCUT2D eigenvalue weighted by Crippen LogP contribution is -2.12. The Hall–Kier alpha value is -3.21. The second-order valence-electron chi connectivity index (χ2n) is 5.78. The normalized spacial score (nSPS) is 10.4. The van der Waals surface area contributed by atoms with Gasteiger partial charge in [-0.1, -0.05) is 19.1 Å². The summed E-state index contributed by atoms with van der Waals surface area (Å²) in [5.74, 6) is -0.105. The van der Waals surface area contributed by atoms with Gasteiger partial charge < -0.3 is 10.1 Å². The number of nitrogens with one attached hydrogen (secondary N) is 1. The molecule has 0 atom stereocenters. The average molecular weight is 350 g/mol. The summed E-state index contributed by atoms with van der Waals surface area (Å²) in [6, 6.07) is 15.3. The minimum absolute atomic E-state index is 0.250. The zero-order valence-electron chi connectivity index (χ0n) is 14.6. The van der Waals surface area contributed by atoms with E-state index in [1.807, 2.05) is 24.3 Å². The molecule has 0 aliphatic heterocycles. The number of hydrogen-bond acceptors (Lipinski definition) is 3. The van der Waals surface area contributed by atoms with Gasteiger partial charge in [-0.05, 0) is 54.4 Å². The van der Waals surface area contributed by atoms with Crippen LogP contribution in [0.4, 0.5) is 10.1 Å². The first-order chi connectivity index (χ1) is 12.6. The second kappa shape index (κ2) is 7.78. The zero-order chi connectivity index (χ0) is 18.5. The van der Waals surface area contributed by atoms with Crippen LogP contribution in [0.5, 0.6) is 5.75 Å². The Morgan fingerprint density at radius 1 is 1.12 bits per heavy atom. The molecule has 5 heteroatoms. The summed E-state index contributed by atoms with van der Waals surface area (Å²) in [5.41, 5.74) is 3.42. The van der Waals surface area contributed by atoms with Crippen LogP contribution in [0.15, 0.2) is 60.8 Å². The van der Waals surface area contributed by atoms with Crippen molar-refractivity contribution in [2.45, 2.75) is 13.3 Å². The number of rotatable bonds is 5. The topological polar surface area (TPSA) is 51.2 Å². The van der Waals surface area contributed by atoms with Gasteiger partial charge in [0.1, 0.15) is 11.6 Å². The highest BCUT2D eigenvalue weighted by Gasteiger charge is 2.11. The van der Waals surface area contributed by atoms with Crippen molar-refractivity contribution in [3.8, 4) is 17.0 Å². The minimum atomic E-state index is -0.375. The Kier molecular flexibility index (Phi) is 5.27. The van der Waals surface area contributed by atoms with Crippen LogP contribution < -0.4 is 10.1 Å². The minimum Gasteiger partial charge on any atom is -0.496 e. The maximum Gasteiger partial charge on any atom is 0.257 e. The van der Waals surface area contributed by atoms with Crippen molar-refractivity contribution in [3.63, 3.8) is 0 Å². The number of pyridine rings is 1. The van der Waals surface area contributed by atoms with Crippen molar-refractivity contribution in [2.24, 2.45) is 0 Å². The van der Waals surface area contributed by atoms with Crippen molar-refractivity contribution in [1.82, 2.24) is 4.98 Å². The predicted octanol–water partition coefficient (Wildman–Crippen LogP) is 4.71. The third-order valence-electron chi connectivity index (χ3n) is 4.08. The Labute approximate surface area is 151 Å². The molecule has 0 saturated heterocycles. The molecule has 1 aromatic heterocycles. The van der Waals surface area contributed by atoms with Crippen LogP contribution >= 0.6 is 0 Å². The molecule has 1 N–H and O–H groups in total. The highest BCUT2D eigenvalue weighted by molar-refractivity contribution is 6.04. The quantitative estimate of drug-likeness (QED) is 0.725. The third-order valence-corrected chi connectivity index (χ3v) is 4.08. The molecule has 3 rings (SSSR count). The Morgan fingerprint density at radius 3 is 2.50 bits per heavy atom. The summed E-state index contributed by atoms with van der Waals surface area (Å²) >= 11 is 0. The Balaban J connectivity index is 1.78. The summed E-state index contributed by atoms with van der Waals surface area (Å²) in [7, 11) is 1.52. The summed E-state index contributed by atoms with van der Waals surface area (Å²) in [5, 5.41) is 2.84. The summed E-state index contributed by atoms with van der Waals surface area (Å²) in [6.45, 7) is 2.08. The van der Waals surface area contributed by atoms with E-state index >= 15 is 0 Å². The van der Waals surface area contributed by atoms with Gasteiger partial charge in [0.2, 0.25) is 0 Å². The smallest absolute Gasteiger partial charge is 0.257 e. The van der Waals surface area contributed by atoms with Gasteiger partial charge in [-0.2, -0.15) is 0 Å². The van der Waals surface area contributed by atoms with Gasteiger partial charge >= 0.3 is 0 Å². The zero-order valence-corrected chi connectivity index (χ0v) is 14.6. The fourth-order valence-corrected chi connectivity index (χ4v) is 2.59. The maximum atomic E-state index is 13.5. The van der Waals surface area contributed by atoms with Gasteiger partial charge in [0, 0.05) is 17.4 Å². The van der Waals surface area contributed by atoms with E-state index in [2.05, 4.69) is 17.2 Å². The highest BCUT2D eigenvalue weighted by atomic mass is 19.1. The van der Waals surface area contributed by atoms with Crippen molar-refractivity contribution >= 4 is 11.6 Å². The fraction of sp³-hybridized carbons (Fsp3) is 0.143. The third kappa shape index (κ3) is 3.88. The number of halogens is 1. The molecule has 0 spiro atoms. The van der Waals surface area contributed by atoms with Crippen LogP contribution in [0.3, 0.4) is 0 Å². The SMILES string of the molecule is CCc1ccc(NC(=O)c2ccc(-c3cc(F)ccc3OC)nc2)cc1. The Bertz CT molecular complexity index is 906. The molecule has 3 aromatic rings. The number of aryl methyl sites for hydroxylation is 1. The number of hydrogen-bond donors (Lipinski definition) is 1. The van der Waals surface area contributed by atoms with E-state index in [1.54, 1.807) is 18.2 Å². The van der Waals surface area contributed by atoms with Crippen LogP contribution in [-0.4, -0.2) is 18.0 Å². The second-order valence-corrected chi connectivity index (χ2v) is 5.78. The molecular weight excluding hydrogens is 331 g/mol. The maximum absolute atomic E-state index is 13.5. The molecule has 1 amide bonds. The van der Waals surface area contributed by atoms with Crippen LogP contribution in [0.25, 0.3) is 11.3 Å².